The fraction of sp³-hybridized carbons (Fsp3) is 0.240. The van der Waals surface area contributed by atoms with Crippen LogP contribution in [0.5, 0.6) is 0 Å². The number of rotatable bonds is 7. The smallest absolute Gasteiger partial charge is 0.335 e. The summed E-state index contributed by atoms with van der Waals surface area (Å²) in [6.45, 7) is 6.25. The van der Waals surface area contributed by atoms with E-state index in [1.54, 1.807) is 42.5 Å². The molecule has 31 heavy (non-hydrogen) atoms. The largest absolute Gasteiger partial charge is 0.478 e. The van der Waals surface area contributed by atoms with Crippen LogP contribution in [0.25, 0.3) is 0 Å². The van der Waals surface area contributed by atoms with E-state index in [-0.39, 0.29) is 15.9 Å². The van der Waals surface area contributed by atoms with Crippen molar-refractivity contribution >= 4 is 21.7 Å². The highest BCUT2D eigenvalue weighted by molar-refractivity contribution is 7.92. The molecule has 3 rings (SSSR count). The molecular weight excluding hydrogens is 410 g/mol. The van der Waals surface area contributed by atoms with Crippen molar-refractivity contribution in [3.63, 3.8) is 0 Å². The molecule has 0 amide bonds. The van der Waals surface area contributed by atoms with Gasteiger partial charge in [-0.3, -0.25) is 4.72 Å². The van der Waals surface area contributed by atoms with Gasteiger partial charge in [0, 0.05) is 5.69 Å². The zero-order valence-electron chi connectivity index (χ0n) is 17.9. The zero-order chi connectivity index (χ0) is 22.6. The molecule has 0 radical (unpaired) electrons. The molecule has 0 unspecified atom stereocenters. The summed E-state index contributed by atoms with van der Waals surface area (Å²) in [5.74, 6) is -0.938. The van der Waals surface area contributed by atoms with Crippen molar-refractivity contribution in [3.8, 4) is 0 Å². The highest BCUT2D eigenvalue weighted by atomic mass is 32.2. The summed E-state index contributed by atoms with van der Waals surface area (Å²) in [6.07, 6.45) is 1.43. The standard InChI is InChI=1S/C25H27NO4S/c1-25(2,3)21-11-15-23(16-12-21)31(29,30)26-22-13-9-18(10-14-22)7-8-19-5-4-6-20(17-19)24(27)28/h4-6,9-17,26H,7-8H2,1-3H3,(H,27,28). The Morgan fingerprint density at radius 1 is 0.871 bits per heavy atom. The summed E-state index contributed by atoms with van der Waals surface area (Å²) in [7, 11) is -3.66. The van der Waals surface area contributed by atoms with Crippen molar-refractivity contribution in [1.29, 1.82) is 0 Å². The van der Waals surface area contributed by atoms with Crippen LogP contribution in [0.4, 0.5) is 5.69 Å². The van der Waals surface area contributed by atoms with E-state index in [4.69, 9.17) is 5.11 Å². The Labute approximate surface area is 183 Å². The Morgan fingerprint density at radius 2 is 1.48 bits per heavy atom. The van der Waals surface area contributed by atoms with E-state index in [0.717, 1.165) is 23.1 Å². The lowest BCUT2D eigenvalue weighted by molar-refractivity contribution is 0.0696. The van der Waals surface area contributed by atoms with Gasteiger partial charge in [0.1, 0.15) is 0 Å². The zero-order valence-corrected chi connectivity index (χ0v) is 18.7. The van der Waals surface area contributed by atoms with Gasteiger partial charge >= 0.3 is 5.97 Å². The normalized spacial score (nSPS) is 11.8. The minimum atomic E-state index is -3.66. The van der Waals surface area contributed by atoms with Gasteiger partial charge in [-0.05, 0) is 71.3 Å². The molecule has 6 heteroatoms. The molecule has 0 aliphatic carbocycles. The van der Waals surface area contributed by atoms with Crippen LogP contribution in [0.3, 0.4) is 0 Å². The summed E-state index contributed by atoms with van der Waals surface area (Å²) in [5.41, 5.74) is 3.79. The molecule has 162 valence electrons. The van der Waals surface area contributed by atoms with Crippen molar-refractivity contribution < 1.29 is 18.3 Å². The first-order chi connectivity index (χ1) is 14.5. The van der Waals surface area contributed by atoms with Gasteiger partial charge < -0.3 is 5.11 Å². The second kappa shape index (κ2) is 8.94. The number of aromatic carboxylic acids is 1. The van der Waals surface area contributed by atoms with Gasteiger partial charge in [0.05, 0.1) is 10.5 Å². The first-order valence-corrected chi connectivity index (χ1v) is 11.6. The molecule has 0 heterocycles. The number of carboxylic acid groups (broad SMARTS) is 1. The van der Waals surface area contributed by atoms with Crippen LogP contribution in [-0.2, 0) is 28.3 Å². The van der Waals surface area contributed by atoms with Crippen molar-refractivity contribution in [1.82, 2.24) is 0 Å². The van der Waals surface area contributed by atoms with Crippen molar-refractivity contribution in [2.24, 2.45) is 0 Å². The summed E-state index contributed by atoms with van der Waals surface area (Å²) in [5, 5.41) is 9.09. The molecule has 2 N–H and O–H groups in total. The van der Waals surface area contributed by atoms with Gasteiger partial charge in [-0.2, -0.15) is 0 Å². The minimum Gasteiger partial charge on any atom is -0.478 e. The lowest BCUT2D eigenvalue weighted by Crippen LogP contribution is -2.14. The van der Waals surface area contributed by atoms with E-state index in [2.05, 4.69) is 25.5 Å². The molecule has 0 fully saturated rings. The number of sulfonamides is 1. The van der Waals surface area contributed by atoms with Gasteiger partial charge in [-0.25, -0.2) is 13.2 Å². The summed E-state index contributed by atoms with van der Waals surface area (Å²) < 4.78 is 28.0. The van der Waals surface area contributed by atoms with E-state index in [1.807, 2.05) is 30.3 Å². The molecule has 0 aromatic heterocycles. The molecule has 0 saturated carbocycles. The van der Waals surface area contributed by atoms with Crippen LogP contribution in [0.15, 0.2) is 77.7 Å². The topological polar surface area (TPSA) is 83.5 Å². The van der Waals surface area contributed by atoms with Gasteiger partial charge in [-0.1, -0.05) is 57.2 Å². The van der Waals surface area contributed by atoms with Gasteiger partial charge in [0.15, 0.2) is 0 Å². The summed E-state index contributed by atoms with van der Waals surface area (Å²) >= 11 is 0. The minimum absolute atomic E-state index is 0.0412. The molecule has 3 aromatic rings. The Bertz CT molecular complexity index is 1160. The third-order valence-corrected chi connectivity index (χ3v) is 6.51. The molecule has 0 aliphatic rings. The average molecular weight is 438 g/mol. The summed E-state index contributed by atoms with van der Waals surface area (Å²) in [4.78, 5) is 11.3. The Kier molecular flexibility index (Phi) is 6.51. The first-order valence-electron chi connectivity index (χ1n) is 10.1. The summed E-state index contributed by atoms with van der Waals surface area (Å²) in [6, 6.07) is 21.1. The van der Waals surface area contributed by atoms with E-state index in [0.29, 0.717) is 12.1 Å². The van der Waals surface area contributed by atoms with Gasteiger partial charge in [0.2, 0.25) is 0 Å². The first kappa shape index (κ1) is 22.6. The second-order valence-electron chi connectivity index (χ2n) is 8.58. The number of nitrogens with one attached hydrogen (secondary N) is 1. The highest BCUT2D eigenvalue weighted by Gasteiger charge is 2.17. The van der Waals surface area contributed by atoms with Crippen LogP contribution in [0.1, 0.15) is 47.8 Å². The number of carboxylic acids is 1. The maximum absolute atomic E-state index is 12.7. The third-order valence-electron chi connectivity index (χ3n) is 5.11. The van der Waals surface area contributed by atoms with E-state index < -0.39 is 16.0 Å². The van der Waals surface area contributed by atoms with Crippen molar-refractivity contribution in [2.75, 3.05) is 4.72 Å². The van der Waals surface area contributed by atoms with Gasteiger partial charge in [-0.15, -0.1) is 0 Å². The number of benzene rings is 3. The Morgan fingerprint density at radius 3 is 2.06 bits per heavy atom. The predicted molar refractivity (Wildman–Crippen MR) is 123 cm³/mol. The quantitative estimate of drug-likeness (QED) is 0.528. The molecule has 3 aromatic carbocycles. The molecule has 0 saturated heterocycles. The van der Waals surface area contributed by atoms with E-state index in [1.165, 1.54) is 0 Å². The van der Waals surface area contributed by atoms with Crippen molar-refractivity contribution in [2.45, 2.75) is 43.9 Å². The number of aryl methyl sites for hydroxylation is 2. The number of hydrogen-bond acceptors (Lipinski definition) is 3. The fourth-order valence-corrected chi connectivity index (χ4v) is 4.29. The highest BCUT2D eigenvalue weighted by Crippen LogP contribution is 2.24. The van der Waals surface area contributed by atoms with Crippen LogP contribution in [0, 0.1) is 0 Å². The van der Waals surface area contributed by atoms with Gasteiger partial charge in [0.25, 0.3) is 10.0 Å². The Hall–Kier alpha value is -3.12. The molecule has 0 aliphatic heterocycles. The number of anilines is 1. The predicted octanol–water partition coefficient (Wildman–Crippen LogP) is 5.27. The molecule has 5 nitrogen and oxygen atoms in total. The molecular formula is C25H27NO4S. The monoisotopic (exact) mass is 437 g/mol. The maximum Gasteiger partial charge on any atom is 0.335 e. The number of carbonyl (C=O) groups is 1. The van der Waals surface area contributed by atoms with E-state index >= 15 is 0 Å². The average Bonchev–Trinajstić information content (AvgIpc) is 2.73. The SMILES string of the molecule is CC(C)(C)c1ccc(S(=O)(=O)Nc2ccc(CCc3cccc(C(=O)O)c3)cc2)cc1. The second-order valence-corrected chi connectivity index (χ2v) is 10.3. The van der Waals surface area contributed by atoms with Crippen molar-refractivity contribution in [3.05, 3.63) is 95.1 Å². The Balaban J connectivity index is 1.64. The lowest BCUT2D eigenvalue weighted by atomic mass is 9.87. The number of hydrogen-bond donors (Lipinski definition) is 2. The molecule has 0 atom stereocenters. The van der Waals surface area contributed by atoms with E-state index in [9.17, 15) is 13.2 Å². The van der Waals surface area contributed by atoms with Crippen LogP contribution >= 0.6 is 0 Å². The third kappa shape index (κ3) is 5.95. The van der Waals surface area contributed by atoms with Crippen LogP contribution < -0.4 is 4.72 Å². The molecule has 0 spiro atoms. The lowest BCUT2D eigenvalue weighted by Gasteiger charge is -2.19. The van der Waals surface area contributed by atoms with Crippen LogP contribution in [-0.4, -0.2) is 19.5 Å². The fourth-order valence-electron chi connectivity index (χ4n) is 3.24. The maximum atomic E-state index is 12.7. The molecule has 0 bridgehead atoms. The van der Waals surface area contributed by atoms with Crippen LogP contribution in [0.2, 0.25) is 0 Å².